The molecule has 12 heavy (non-hydrogen) atoms. The largest absolute Gasteiger partial charge is 0.303 e. The van der Waals surface area contributed by atoms with Gasteiger partial charge in [0.1, 0.15) is 0 Å². The summed E-state index contributed by atoms with van der Waals surface area (Å²) in [5.74, 6) is 0.676. The van der Waals surface area contributed by atoms with Gasteiger partial charge in [-0.3, -0.25) is 9.98 Å². The van der Waals surface area contributed by atoms with E-state index in [1.165, 1.54) is 6.42 Å². The molecule has 1 fully saturated rings. The molecule has 3 aliphatic heterocycles. The number of nitrogens with zero attached hydrogens (tertiary/aromatic N) is 2. The molecule has 0 aromatic heterocycles. The minimum absolute atomic E-state index is 0.0712. The normalized spacial score (nSPS) is 42.7. The summed E-state index contributed by atoms with van der Waals surface area (Å²) in [5.41, 5.74) is 1.20. The van der Waals surface area contributed by atoms with Crippen LogP contribution in [0, 0.1) is 5.92 Å². The van der Waals surface area contributed by atoms with E-state index in [1.54, 1.807) is 0 Å². The molecule has 62 valence electrons. The van der Waals surface area contributed by atoms with Crippen molar-refractivity contribution in [2.45, 2.75) is 12.0 Å². The van der Waals surface area contributed by atoms with Crippen molar-refractivity contribution in [2.24, 2.45) is 15.9 Å². The summed E-state index contributed by atoms with van der Waals surface area (Å²) in [6, 6.07) is 0. The lowest BCUT2D eigenvalue weighted by Crippen LogP contribution is -2.49. The molecule has 3 heteroatoms. The molecule has 3 heterocycles. The van der Waals surface area contributed by atoms with Gasteiger partial charge in [0, 0.05) is 18.7 Å². The van der Waals surface area contributed by atoms with E-state index in [1.807, 2.05) is 12.4 Å². The Morgan fingerprint density at radius 2 is 2.58 bits per heavy atom. The fourth-order valence-electron chi connectivity index (χ4n) is 2.40. The first-order chi connectivity index (χ1) is 5.92. The molecule has 0 aromatic carbocycles. The van der Waals surface area contributed by atoms with Gasteiger partial charge in [0.15, 0.2) is 0 Å². The lowest BCUT2D eigenvalue weighted by atomic mass is 9.83. The van der Waals surface area contributed by atoms with Crippen LogP contribution in [0.15, 0.2) is 22.3 Å². The topological polar surface area (TPSA) is 36.8 Å². The monoisotopic (exact) mass is 161 g/mol. The quantitative estimate of drug-likeness (QED) is 0.548. The van der Waals surface area contributed by atoms with Gasteiger partial charge in [-0.05, 0) is 19.0 Å². The third-order valence-electron chi connectivity index (χ3n) is 3.08. The molecule has 3 rings (SSSR count). The maximum absolute atomic E-state index is 4.49. The molecule has 0 aromatic rings. The summed E-state index contributed by atoms with van der Waals surface area (Å²) >= 11 is 0. The Bertz CT molecular complexity index is 303. The van der Waals surface area contributed by atoms with Crippen LogP contribution in [-0.2, 0) is 0 Å². The third kappa shape index (κ3) is 0.607. The molecule has 2 atom stereocenters. The van der Waals surface area contributed by atoms with Gasteiger partial charge in [0.25, 0.3) is 0 Å². The SMILES string of the molecule is C1=CC23NCCC2CN=C3C=N1. The first-order valence-electron chi connectivity index (χ1n) is 4.43. The summed E-state index contributed by atoms with van der Waals surface area (Å²) in [7, 11) is 0. The number of rotatable bonds is 0. The van der Waals surface area contributed by atoms with Gasteiger partial charge in [0.05, 0.1) is 17.5 Å². The maximum atomic E-state index is 4.49. The van der Waals surface area contributed by atoms with E-state index in [0.29, 0.717) is 5.92 Å². The first kappa shape index (κ1) is 6.54. The second-order valence-corrected chi connectivity index (χ2v) is 3.60. The summed E-state index contributed by atoms with van der Waals surface area (Å²) in [4.78, 5) is 8.59. The number of nitrogens with one attached hydrogen (secondary N) is 1. The zero-order valence-corrected chi connectivity index (χ0v) is 6.83. The fourth-order valence-corrected chi connectivity index (χ4v) is 2.40. The molecular formula is C9H11N3. The Hall–Kier alpha value is -0.960. The Kier molecular flexibility index (Phi) is 1.11. The second kappa shape index (κ2) is 2.04. The van der Waals surface area contributed by atoms with Crippen molar-refractivity contribution in [3.63, 3.8) is 0 Å². The van der Waals surface area contributed by atoms with Crippen LogP contribution in [0.4, 0.5) is 0 Å². The van der Waals surface area contributed by atoms with Crippen molar-refractivity contribution in [3.8, 4) is 0 Å². The molecule has 0 saturated carbocycles. The minimum Gasteiger partial charge on any atom is -0.303 e. The van der Waals surface area contributed by atoms with Gasteiger partial charge in [-0.1, -0.05) is 0 Å². The first-order valence-corrected chi connectivity index (χ1v) is 4.43. The number of hydrogen-bond acceptors (Lipinski definition) is 3. The van der Waals surface area contributed by atoms with Crippen LogP contribution < -0.4 is 5.32 Å². The van der Waals surface area contributed by atoms with E-state index < -0.39 is 0 Å². The zero-order chi connectivity index (χ0) is 8.02. The van der Waals surface area contributed by atoms with Gasteiger partial charge < -0.3 is 5.32 Å². The second-order valence-electron chi connectivity index (χ2n) is 3.60. The number of hydrogen-bond donors (Lipinski definition) is 1. The molecular weight excluding hydrogens is 150 g/mol. The third-order valence-corrected chi connectivity index (χ3v) is 3.08. The van der Waals surface area contributed by atoms with Gasteiger partial charge in [-0.15, -0.1) is 0 Å². The predicted molar refractivity (Wildman–Crippen MR) is 48.8 cm³/mol. The highest BCUT2D eigenvalue weighted by Gasteiger charge is 2.48. The highest BCUT2D eigenvalue weighted by molar-refractivity contribution is 6.37. The summed E-state index contributed by atoms with van der Waals surface area (Å²) in [6.07, 6.45) is 7.18. The molecule has 1 N–H and O–H groups in total. The van der Waals surface area contributed by atoms with E-state index in [9.17, 15) is 0 Å². The standard InChI is InChI=1S/C9H11N3/c1-3-12-9-2-4-10-6-8(9)11-5-7(1)9/h2,4,6-7,12H,1,3,5H2. The summed E-state index contributed by atoms with van der Waals surface area (Å²) in [6.45, 7) is 2.08. The van der Waals surface area contributed by atoms with Crippen molar-refractivity contribution in [2.75, 3.05) is 13.1 Å². The van der Waals surface area contributed by atoms with E-state index in [0.717, 1.165) is 18.8 Å². The zero-order valence-electron chi connectivity index (χ0n) is 6.83. The van der Waals surface area contributed by atoms with Crippen LogP contribution >= 0.6 is 0 Å². The molecule has 2 unspecified atom stereocenters. The molecule has 0 amide bonds. The highest BCUT2D eigenvalue weighted by Crippen LogP contribution is 2.35. The van der Waals surface area contributed by atoms with E-state index in [-0.39, 0.29) is 5.54 Å². The average molecular weight is 161 g/mol. The molecule has 1 spiro atoms. The minimum atomic E-state index is 0.0712. The van der Waals surface area contributed by atoms with E-state index in [2.05, 4.69) is 21.4 Å². The van der Waals surface area contributed by atoms with Crippen LogP contribution in [0.25, 0.3) is 0 Å². The Morgan fingerprint density at radius 3 is 3.58 bits per heavy atom. The fraction of sp³-hybridized carbons (Fsp3) is 0.556. The van der Waals surface area contributed by atoms with E-state index >= 15 is 0 Å². The Balaban J connectivity index is 2.12. The molecule has 3 aliphatic rings. The predicted octanol–water partition coefficient (Wildman–Crippen LogP) is 0.387. The van der Waals surface area contributed by atoms with Crippen molar-refractivity contribution >= 4 is 11.9 Å². The summed E-state index contributed by atoms with van der Waals surface area (Å²) in [5, 5.41) is 3.53. The molecule has 0 radical (unpaired) electrons. The van der Waals surface area contributed by atoms with Gasteiger partial charge in [0.2, 0.25) is 0 Å². The van der Waals surface area contributed by atoms with Crippen molar-refractivity contribution in [1.29, 1.82) is 0 Å². The lowest BCUT2D eigenvalue weighted by Gasteiger charge is -2.27. The van der Waals surface area contributed by atoms with Crippen LogP contribution in [-0.4, -0.2) is 30.6 Å². The lowest BCUT2D eigenvalue weighted by molar-refractivity contribution is 0.489. The van der Waals surface area contributed by atoms with Gasteiger partial charge >= 0.3 is 0 Å². The van der Waals surface area contributed by atoms with E-state index in [4.69, 9.17) is 0 Å². The van der Waals surface area contributed by atoms with Gasteiger partial charge in [-0.25, -0.2) is 0 Å². The summed E-state index contributed by atoms with van der Waals surface area (Å²) < 4.78 is 0. The van der Waals surface area contributed by atoms with Gasteiger partial charge in [-0.2, -0.15) is 0 Å². The Morgan fingerprint density at radius 1 is 1.58 bits per heavy atom. The molecule has 0 aliphatic carbocycles. The van der Waals surface area contributed by atoms with Crippen molar-refractivity contribution < 1.29 is 0 Å². The number of aliphatic imine (C=N–C) groups is 2. The van der Waals surface area contributed by atoms with Crippen LogP contribution in [0.2, 0.25) is 0 Å². The average Bonchev–Trinajstić information content (AvgIpc) is 2.59. The molecule has 0 bridgehead atoms. The Labute approximate surface area is 71.3 Å². The molecule has 3 nitrogen and oxygen atoms in total. The molecule has 1 saturated heterocycles. The smallest absolute Gasteiger partial charge is 0.0869 e. The maximum Gasteiger partial charge on any atom is 0.0869 e. The van der Waals surface area contributed by atoms with Crippen molar-refractivity contribution in [3.05, 3.63) is 12.3 Å². The van der Waals surface area contributed by atoms with Crippen molar-refractivity contribution in [1.82, 2.24) is 5.32 Å². The van der Waals surface area contributed by atoms with Crippen LogP contribution in [0.5, 0.6) is 0 Å². The van der Waals surface area contributed by atoms with Crippen LogP contribution in [0.3, 0.4) is 0 Å². The highest BCUT2D eigenvalue weighted by atomic mass is 15.1. The van der Waals surface area contributed by atoms with Crippen LogP contribution in [0.1, 0.15) is 6.42 Å².